The Kier molecular flexibility index (Phi) is 7.42. The van der Waals surface area contributed by atoms with E-state index in [0.29, 0.717) is 16.8 Å². The lowest BCUT2D eigenvalue weighted by Crippen LogP contribution is -2.28. The van der Waals surface area contributed by atoms with Crippen molar-refractivity contribution >= 4 is 20.0 Å². The second-order valence-electron chi connectivity index (χ2n) is 7.02. The molecule has 0 saturated carbocycles. The van der Waals surface area contributed by atoms with Crippen LogP contribution in [0.2, 0.25) is 0 Å². The molecule has 0 saturated heterocycles. The van der Waals surface area contributed by atoms with Crippen LogP contribution in [0.5, 0.6) is 0 Å². The molecule has 12 heteroatoms. The maximum atomic E-state index is 12.6. The molecule has 1 aromatic heterocycles. The topological polar surface area (TPSA) is 119 Å². The fourth-order valence-corrected chi connectivity index (χ4v) is 5.25. The number of benzene rings is 2. The quantitative estimate of drug-likeness (QED) is 0.495. The predicted molar refractivity (Wildman–Crippen MR) is 118 cm³/mol. The average Bonchev–Trinajstić information content (AvgIpc) is 2.77. The number of nitrogens with zero attached hydrogens (tertiary/aromatic N) is 1. The van der Waals surface area contributed by atoms with E-state index in [2.05, 4.69) is 21.5 Å². The number of aromatic nitrogens is 1. The Balaban J connectivity index is 1.62. The van der Waals surface area contributed by atoms with Gasteiger partial charge in [0.25, 0.3) is 0 Å². The molecule has 0 spiro atoms. The molecule has 0 aliphatic rings. The number of hydrogen-bond acceptors (Lipinski definition) is 5. The Hall–Kier alpha value is -3.24. The SMILES string of the molecule is NS(=O)(=O)c1ccccc1S(=O)(=O)NCCc1ccc(C#Cc2ccc(C(F)(F)F)cc2)nc1. The summed E-state index contributed by atoms with van der Waals surface area (Å²) in [6.07, 6.45) is -2.66. The van der Waals surface area contributed by atoms with Crippen molar-refractivity contribution in [2.24, 2.45) is 5.14 Å². The number of pyridine rings is 1. The Morgan fingerprint density at radius 3 is 2.09 bits per heavy atom. The highest BCUT2D eigenvalue weighted by atomic mass is 32.2. The third-order valence-corrected chi connectivity index (χ3v) is 7.14. The smallest absolute Gasteiger partial charge is 0.247 e. The second-order valence-corrected chi connectivity index (χ2v) is 10.3. The Morgan fingerprint density at radius 1 is 0.882 bits per heavy atom. The highest BCUT2D eigenvalue weighted by Crippen LogP contribution is 2.29. The minimum Gasteiger partial charge on any atom is -0.247 e. The normalized spacial score (nSPS) is 12.1. The monoisotopic (exact) mass is 509 g/mol. The van der Waals surface area contributed by atoms with E-state index < -0.39 is 41.6 Å². The molecular weight excluding hydrogens is 491 g/mol. The minimum absolute atomic E-state index is 0.0282. The van der Waals surface area contributed by atoms with Crippen LogP contribution in [0.25, 0.3) is 0 Å². The van der Waals surface area contributed by atoms with Gasteiger partial charge in [-0.05, 0) is 60.4 Å². The maximum absolute atomic E-state index is 12.6. The summed E-state index contributed by atoms with van der Waals surface area (Å²) < 4.78 is 88.4. The van der Waals surface area contributed by atoms with Crippen LogP contribution in [0.3, 0.4) is 0 Å². The van der Waals surface area contributed by atoms with E-state index in [1.54, 1.807) is 12.1 Å². The molecule has 2 aromatic carbocycles. The van der Waals surface area contributed by atoms with Crippen LogP contribution in [-0.4, -0.2) is 28.4 Å². The lowest BCUT2D eigenvalue weighted by molar-refractivity contribution is -0.137. The molecule has 7 nitrogen and oxygen atoms in total. The molecule has 0 radical (unpaired) electrons. The summed E-state index contributed by atoms with van der Waals surface area (Å²) in [5.74, 6) is 5.47. The highest BCUT2D eigenvalue weighted by molar-refractivity contribution is 7.92. The van der Waals surface area contributed by atoms with Gasteiger partial charge in [0.15, 0.2) is 0 Å². The Bertz CT molecular complexity index is 1440. The Morgan fingerprint density at radius 2 is 1.53 bits per heavy atom. The number of sulfonamides is 2. The zero-order valence-corrected chi connectivity index (χ0v) is 19.0. The largest absolute Gasteiger partial charge is 0.416 e. The molecule has 0 aliphatic carbocycles. The molecule has 1 heterocycles. The number of rotatable bonds is 6. The molecule has 3 N–H and O–H groups in total. The number of nitrogens with two attached hydrogens (primary N) is 1. The predicted octanol–water partition coefficient (Wildman–Crippen LogP) is 2.67. The van der Waals surface area contributed by atoms with Crippen LogP contribution in [-0.2, 0) is 32.6 Å². The first-order chi connectivity index (χ1) is 15.9. The van der Waals surface area contributed by atoms with Crippen LogP contribution < -0.4 is 9.86 Å². The van der Waals surface area contributed by atoms with Crippen molar-refractivity contribution in [3.05, 3.63) is 89.2 Å². The van der Waals surface area contributed by atoms with Gasteiger partial charge in [0.2, 0.25) is 20.0 Å². The lowest BCUT2D eigenvalue weighted by Gasteiger charge is -2.10. The van der Waals surface area contributed by atoms with Crippen LogP contribution in [0.1, 0.15) is 22.4 Å². The lowest BCUT2D eigenvalue weighted by atomic mass is 10.1. The number of alkyl halides is 3. The van der Waals surface area contributed by atoms with E-state index in [4.69, 9.17) is 5.14 Å². The fraction of sp³-hybridized carbons (Fsp3) is 0.136. The molecule has 0 bridgehead atoms. The summed E-state index contributed by atoms with van der Waals surface area (Å²) in [6.45, 7) is -0.0282. The third-order valence-electron chi connectivity index (χ3n) is 4.52. The number of hydrogen-bond donors (Lipinski definition) is 2. The van der Waals surface area contributed by atoms with E-state index >= 15 is 0 Å². The molecule has 3 rings (SSSR count). The fourth-order valence-electron chi connectivity index (χ4n) is 2.84. The molecule has 178 valence electrons. The van der Waals surface area contributed by atoms with Gasteiger partial charge in [0.1, 0.15) is 15.5 Å². The van der Waals surface area contributed by atoms with Crippen LogP contribution in [0.4, 0.5) is 13.2 Å². The van der Waals surface area contributed by atoms with E-state index in [9.17, 15) is 30.0 Å². The van der Waals surface area contributed by atoms with Gasteiger partial charge >= 0.3 is 6.18 Å². The standard InChI is InChI=1S/C22H18F3N3O4S2/c23-22(24,25)18-9-5-16(6-10-18)7-11-19-12-8-17(15-27-19)13-14-28-34(31,32)21-4-2-1-3-20(21)33(26,29)30/h1-6,8-10,12,15,28H,13-14H2,(H2,26,29,30). The van der Waals surface area contributed by atoms with Crippen LogP contribution in [0, 0.1) is 11.8 Å². The van der Waals surface area contributed by atoms with Gasteiger partial charge in [0, 0.05) is 18.3 Å². The highest BCUT2D eigenvalue weighted by Gasteiger charge is 2.29. The first-order valence-electron chi connectivity index (χ1n) is 9.62. The minimum atomic E-state index is -4.41. The summed E-state index contributed by atoms with van der Waals surface area (Å²) in [6, 6.07) is 12.7. The number of primary sulfonamides is 1. The van der Waals surface area contributed by atoms with Gasteiger partial charge < -0.3 is 0 Å². The van der Waals surface area contributed by atoms with Gasteiger partial charge in [0.05, 0.1) is 5.56 Å². The van der Waals surface area contributed by atoms with Gasteiger partial charge in [-0.15, -0.1) is 0 Å². The Labute approximate surface area is 194 Å². The average molecular weight is 510 g/mol. The van der Waals surface area contributed by atoms with Crippen molar-refractivity contribution in [3.8, 4) is 11.8 Å². The summed E-state index contributed by atoms with van der Waals surface area (Å²) >= 11 is 0. The first-order valence-corrected chi connectivity index (χ1v) is 12.6. The number of nitrogens with one attached hydrogen (secondary N) is 1. The summed E-state index contributed by atoms with van der Waals surface area (Å²) in [7, 11) is -8.35. The third kappa shape index (κ3) is 6.64. The zero-order chi connectivity index (χ0) is 25.0. The van der Waals surface area contributed by atoms with Crippen molar-refractivity contribution in [3.63, 3.8) is 0 Å². The van der Waals surface area contributed by atoms with Gasteiger partial charge in [-0.1, -0.05) is 24.1 Å². The van der Waals surface area contributed by atoms with Crippen LogP contribution >= 0.6 is 0 Å². The summed E-state index contributed by atoms with van der Waals surface area (Å²) in [5.41, 5.74) is 0.700. The second kappa shape index (κ2) is 9.94. The van der Waals surface area contributed by atoms with E-state index in [-0.39, 0.29) is 13.0 Å². The molecule has 0 amide bonds. The van der Waals surface area contributed by atoms with Gasteiger partial charge in [-0.25, -0.2) is 31.7 Å². The maximum Gasteiger partial charge on any atom is 0.416 e. The summed E-state index contributed by atoms with van der Waals surface area (Å²) in [5, 5.41) is 5.09. The van der Waals surface area contributed by atoms with Crippen molar-refractivity contribution in [2.45, 2.75) is 22.4 Å². The van der Waals surface area contributed by atoms with Crippen molar-refractivity contribution in [1.82, 2.24) is 9.71 Å². The van der Waals surface area contributed by atoms with Gasteiger partial charge in [-0.2, -0.15) is 13.2 Å². The first kappa shape index (κ1) is 25.4. The molecular formula is C22H18F3N3O4S2. The molecule has 0 atom stereocenters. The van der Waals surface area contributed by atoms with Crippen molar-refractivity contribution in [2.75, 3.05) is 6.54 Å². The van der Waals surface area contributed by atoms with E-state index in [1.807, 2.05) is 0 Å². The summed E-state index contributed by atoms with van der Waals surface area (Å²) in [4.78, 5) is 3.20. The molecule has 34 heavy (non-hydrogen) atoms. The molecule has 0 aliphatic heterocycles. The van der Waals surface area contributed by atoms with E-state index in [1.165, 1.54) is 30.5 Å². The van der Waals surface area contributed by atoms with E-state index in [0.717, 1.165) is 24.3 Å². The van der Waals surface area contributed by atoms with Crippen molar-refractivity contribution in [1.29, 1.82) is 0 Å². The van der Waals surface area contributed by atoms with Gasteiger partial charge in [-0.3, -0.25) is 0 Å². The molecule has 3 aromatic rings. The molecule has 0 fully saturated rings. The molecule has 0 unspecified atom stereocenters. The van der Waals surface area contributed by atoms with Crippen molar-refractivity contribution < 1.29 is 30.0 Å². The number of halogens is 3. The van der Waals surface area contributed by atoms with Crippen LogP contribution in [0.15, 0.2) is 76.7 Å². The zero-order valence-electron chi connectivity index (χ0n) is 17.4.